The van der Waals surface area contributed by atoms with Crippen LogP contribution in [0.5, 0.6) is 0 Å². The van der Waals surface area contributed by atoms with E-state index in [9.17, 15) is 0 Å². The molecule has 0 radical (unpaired) electrons. The Morgan fingerprint density at radius 2 is 2.17 bits per heavy atom. The predicted molar refractivity (Wildman–Crippen MR) is 47.7 cm³/mol. The summed E-state index contributed by atoms with van der Waals surface area (Å²) in [6.07, 6.45) is 8.72. The van der Waals surface area contributed by atoms with Crippen LogP contribution in [0.3, 0.4) is 0 Å². The van der Waals surface area contributed by atoms with E-state index >= 15 is 0 Å². The van der Waals surface area contributed by atoms with Gasteiger partial charge in [0.2, 0.25) is 0 Å². The van der Waals surface area contributed by atoms with E-state index in [4.69, 9.17) is 5.73 Å². The summed E-state index contributed by atoms with van der Waals surface area (Å²) in [5.74, 6) is 0. The minimum atomic E-state index is 0.304. The topological polar surface area (TPSA) is 43.8 Å². The van der Waals surface area contributed by atoms with Gasteiger partial charge in [0.05, 0.1) is 6.04 Å². The molecule has 1 aromatic heterocycles. The van der Waals surface area contributed by atoms with E-state index in [0.29, 0.717) is 12.1 Å². The van der Waals surface area contributed by atoms with Gasteiger partial charge in [0.1, 0.15) is 0 Å². The van der Waals surface area contributed by atoms with E-state index < -0.39 is 0 Å². The van der Waals surface area contributed by atoms with Gasteiger partial charge in [-0.15, -0.1) is 0 Å². The Hall–Kier alpha value is -0.830. The van der Waals surface area contributed by atoms with Gasteiger partial charge in [0, 0.05) is 18.4 Å². The molecule has 2 rings (SSSR count). The molecule has 66 valence electrons. The van der Waals surface area contributed by atoms with Gasteiger partial charge in [-0.05, 0) is 18.9 Å². The highest BCUT2D eigenvalue weighted by molar-refractivity contribution is 4.87. The van der Waals surface area contributed by atoms with Gasteiger partial charge in [-0.2, -0.15) is 5.10 Å². The molecule has 0 aliphatic heterocycles. The number of hydrogen-bond acceptors (Lipinski definition) is 2. The van der Waals surface area contributed by atoms with Crippen LogP contribution in [0, 0.1) is 0 Å². The van der Waals surface area contributed by atoms with Crippen LogP contribution in [0.15, 0.2) is 18.5 Å². The molecule has 12 heavy (non-hydrogen) atoms. The van der Waals surface area contributed by atoms with Gasteiger partial charge < -0.3 is 5.73 Å². The van der Waals surface area contributed by atoms with E-state index in [-0.39, 0.29) is 0 Å². The fraction of sp³-hybridized carbons (Fsp3) is 0.667. The predicted octanol–water partition coefficient (Wildman–Crippen LogP) is 1.33. The third-order valence-corrected chi connectivity index (χ3v) is 2.65. The molecule has 2 N–H and O–H groups in total. The lowest BCUT2D eigenvalue weighted by Gasteiger charge is -2.28. The maximum atomic E-state index is 6.01. The lowest BCUT2D eigenvalue weighted by molar-refractivity contribution is 0.286. The van der Waals surface area contributed by atoms with Crippen molar-refractivity contribution in [2.24, 2.45) is 5.73 Å². The number of hydrogen-bond donors (Lipinski definition) is 1. The SMILES string of the molecule is N[C@H]1CCCC[C@H]1n1cccn1. The smallest absolute Gasteiger partial charge is 0.0670 e. The fourth-order valence-electron chi connectivity index (χ4n) is 1.95. The van der Waals surface area contributed by atoms with Crippen molar-refractivity contribution in [3.8, 4) is 0 Å². The Morgan fingerprint density at radius 1 is 1.33 bits per heavy atom. The largest absolute Gasteiger partial charge is 0.326 e. The Balaban J connectivity index is 2.11. The molecule has 3 nitrogen and oxygen atoms in total. The van der Waals surface area contributed by atoms with E-state index in [1.165, 1.54) is 19.3 Å². The van der Waals surface area contributed by atoms with Crippen LogP contribution in [-0.2, 0) is 0 Å². The van der Waals surface area contributed by atoms with Gasteiger partial charge in [0.25, 0.3) is 0 Å². The zero-order chi connectivity index (χ0) is 8.39. The first-order valence-corrected chi connectivity index (χ1v) is 4.62. The Labute approximate surface area is 72.6 Å². The van der Waals surface area contributed by atoms with Crippen LogP contribution in [0.2, 0.25) is 0 Å². The molecule has 3 heteroatoms. The zero-order valence-corrected chi connectivity index (χ0v) is 7.19. The molecule has 0 bridgehead atoms. The molecule has 0 unspecified atom stereocenters. The van der Waals surface area contributed by atoms with Crippen LogP contribution >= 0.6 is 0 Å². The number of nitrogens with two attached hydrogens (primary N) is 1. The molecule has 0 spiro atoms. The monoisotopic (exact) mass is 165 g/mol. The average molecular weight is 165 g/mol. The summed E-state index contributed by atoms with van der Waals surface area (Å²) in [4.78, 5) is 0. The molecule has 0 aromatic carbocycles. The van der Waals surface area contributed by atoms with Crippen LogP contribution in [0.1, 0.15) is 31.7 Å². The summed E-state index contributed by atoms with van der Waals surface area (Å²) in [5.41, 5.74) is 6.01. The Kier molecular flexibility index (Phi) is 2.13. The molecule has 0 amide bonds. The quantitative estimate of drug-likeness (QED) is 0.682. The first-order valence-electron chi connectivity index (χ1n) is 4.62. The number of aromatic nitrogens is 2. The minimum Gasteiger partial charge on any atom is -0.326 e. The van der Waals surface area contributed by atoms with Crippen LogP contribution in [0.25, 0.3) is 0 Å². The maximum Gasteiger partial charge on any atom is 0.0670 e. The second-order valence-electron chi connectivity index (χ2n) is 3.50. The molecule has 0 saturated heterocycles. The lowest BCUT2D eigenvalue weighted by Crippen LogP contribution is -2.35. The standard InChI is InChI=1S/C9H15N3/c10-8-4-1-2-5-9(8)12-7-3-6-11-12/h3,6-9H,1-2,4-5,10H2/t8-,9+/m0/s1. The van der Waals surface area contributed by atoms with Gasteiger partial charge in [-0.1, -0.05) is 12.8 Å². The molecule has 1 fully saturated rings. The zero-order valence-electron chi connectivity index (χ0n) is 7.19. The molecule has 1 aromatic rings. The van der Waals surface area contributed by atoms with Gasteiger partial charge in [0.15, 0.2) is 0 Å². The molecule has 1 saturated carbocycles. The van der Waals surface area contributed by atoms with E-state index in [1.54, 1.807) is 0 Å². The summed E-state index contributed by atoms with van der Waals surface area (Å²) in [7, 11) is 0. The minimum absolute atomic E-state index is 0.304. The van der Waals surface area contributed by atoms with Crippen molar-refractivity contribution in [3.05, 3.63) is 18.5 Å². The van der Waals surface area contributed by atoms with E-state index in [2.05, 4.69) is 5.10 Å². The normalized spacial score (nSPS) is 30.4. The molecular formula is C9H15N3. The number of nitrogens with zero attached hydrogens (tertiary/aromatic N) is 2. The highest BCUT2D eigenvalue weighted by Crippen LogP contribution is 2.26. The summed E-state index contributed by atoms with van der Waals surface area (Å²) in [6.45, 7) is 0. The summed E-state index contributed by atoms with van der Waals surface area (Å²) in [6, 6.07) is 2.70. The highest BCUT2D eigenvalue weighted by atomic mass is 15.3. The fourth-order valence-corrected chi connectivity index (χ4v) is 1.95. The van der Waals surface area contributed by atoms with Crippen molar-refractivity contribution in [1.29, 1.82) is 0 Å². The second kappa shape index (κ2) is 3.27. The molecule has 1 aliphatic rings. The average Bonchev–Trinajstić information content (AvgIpc) is 2.57. The second-order valence-corrected chi connectivity index (χ2v) is 3.50. The molecule has 1 aliphatic carbocycles. The van der Waals surface area contributed by atoms with Crippen molar-refractivity contribution in [3.63, 3.8) is 0 Å². The number of rotatable bonds is 1. The summed E-state index contributed by atoms with van der Waals surface area (Å²) < 4.78 is 2.00. The molecule has 2 atom stereocenters. The van der Waals surface area contributed by atoms with Crippen LogP contribution in [0.4, 0.5) is 0 Å². The highest BCUT2D eigenvalue weighted by Gasteiger charge is 2.22. The van der Waals surface area contributed by atoms with Gasteiger partial charge in [-0.3, -0.25) is 4.68 Å². The van der Waals surface area contributed by atoms with Crippen molar-refractivity contribution in [1.82, 2.24) is 9.78 Å². The van der Waals surface area contributed by atoms with E-state index in [1.807, 2.05) is 23.1 Å². The molecular weight excluding hydrogens is 150 g/mol. The lowest BCUT2D eigenvalue weighted by atomic mass is 9.91. The molecule has 1 heterocycles. The summed E-state index contributed by atoms with van der Waals surface area (Å²) in [5, 5.41) is 4.23. The van der Waals surface area contributed by atoms with Crippen molar-refractivity contribution in [2.45, 2.75) is 37.8 Å². The van der Waals surface area contributed by atoms with Crippen molar-refractivity contribution in [2.75, 3.05) is 0 Å². The first-order chi connectivity index (χ1) is 5.88. The Bertz CT molecular complexity index is 230. The summed E-state index contributed by atoms with van der Waals surface area (Å²) >= 11 is 0. The first kappa shape index (κ1) is 7.80. The van der Waals surface area contributed by atoms with Crippen molar-refractivity contribution >= 4 is 0 Å². The third kappa shape index (κ3) is 1.37. The Morgan fingerprint density at radius 3 is 2.83 bits per heavy atom. The maximum absolute atomic E-state index is 6.01. The van der Waals surface area contributed by atoms with Gasteiger partial charge >= 0.3 is 0 Å². The van der Waals surface area contributed by atoms with Gasteiger partial charge in [-0.25, -0.2) is 0 Å². The van der Waals surface area contributed by atoms with E-state index in [0.717, 1.165) is 6.42 Å². The third-order valence-electron chi connectivity index (χ3n) is 2.65. The van der Waals surface area contributed by atoms with Crippen molar-refractivity contribution < 1.29 is 0 Å². The van der Waals surface area contributed by atoms with Crippen LogP contribution in [-0.4, -0.2) is 15.8 Å². The van der Waals surface area contributed by atoms with Crippen LogP contribution < -0.4 is 5.73 Å².